The van der Waals surface area contributed by atoms with Gasteiger partial charge >= 0.3 is 0 Å². The number of rotatable bonds is 2. The highest BCUT2D eigenvalue weighted by Crippen LogP contribution is 2.21. The van der Waals surface area contributed by atoms with E-state index in [1.165, 1.54) is 6.07 Å². The average Bonchev–Trinajstić information content (AvgIpc) is 2.35. The third kappa shape index (κ3) is 2.91. The number of aromatic hydroxyl groups is 1. The van der Waals surface area contributed by atoms with Gasteiger partial charge in [-0.15, -0.1) is 0 Å². The monoisotopic (exact) mass is 256 g/mol. The molecule has 4 nitrogen and oxygen atoms in total. The molecule has 0 aliphatic carbocycles. The molecule has 0 atom stereocenters. The van der Waals surface area contributed by atoms with E-state index in [-0.39, 0.29) is 17.2 Å². The third-order valence-corrected chi connectivity index (χ3v) is 2.87. The molecule has 0 aliphatic heterocycles. The number of benzene rings is 1. The van der Waals surface area contributed by atoms with Crippen molar-refractivity contribution in [1.82, 2.24) is 4.98 Å². The Labute approximate surface area is 112 Å². The Balaban J connectivity index is 2.28. The van der Waals surface area contributed by atoms with Crippen LogP contribution in [-0.2, 0) is 0 Å². The van der Waals surface area contributed by atoms with E-state index in [2.05, 4.69) is 10.3 Å². The van der Waals surface area contributed by atoms with Gasteiger partial charge in [0, 0.05) is 5.69 Å². The molecule has 1 aromatic heterocycles. The molecule has 1 heterocycles. The standard InChI is InChI=1S/C15H16N2O2/c1-9-4-7-14(18)12(8-9)15(19)17-13-6-5-10(2)16-11(13)3/h4-8,18H,1-3H3,(H,17,19). The number of nitrogens with one attached hydrogen (secondary N) is 1. The van der Waals surface area contributed by atoms with Gasteiger partial charge < -0.3 is 10.4 Å². The molecule has 0 radical (unpaired) electrons. The highest BCUT2D eigenvalue weighted by Gasteiger charge is 2.12. The molecule has 1 amide bonds. The molecule has 0 saturated carbocycles. The SMILES string of the molecule is Cc1ccc(O)c(C(=O)Nc2ccc(C)nc2C)c1. The van der Waals surface area contributed by atoms with Gasteiger partial charge in [0.05, 0.1) is 16.9 Å². The molecule has 0 bridgehead atoms. The zero-order valence-electron chi connectivity index (χ0n) is 11.2. The Morgan fingerprint density at radius 2 is 1.89 bits per heavy atom. The first-order chi connectivity index (χ1) is 8.97. The Hall–Kier alpha value is -2.36. The molecule has 1 aromatic carbocycles. The van der Waals surface area contributed by atoms with Gasteiger partial charge in [0.1, 0.15) is 5.75 Å². The molecule has 2 rings (SSSR count). The summed E-state index contributed by atoms with van der Waals surface area (Å²) in [6, 6.07) is 8.57. The van der Waals surface area contributed by atoms with Gasteiger partial charge in [-0.05, 0) is 45.0 Å². The fourth-order valence-electron chi connectivity index (χ4n) is 1.84. The van der Waals surface area contributed by atoms with Crippen LogP contribution in [0.1, 0.15) is 27.3 Å². The predicted octanol–water partition coefficient (Wildman–Crippen LogP) is 2.96. The van der Waals surface area contributed by atoms with Crippen molar-refractivity contribution in [2.75, 3.05) is 5.32 Å². The number of hydrogen-bond acceptors (Lipinski definition) is 3. The minimum absolute atomic E-state index is 0.0270. The number of carbonyl (C=O) groups is 1. The lowest BCUT2D eigenvalue weighted by Crippen LogP contribution is -2.13. The lowest BCUT2D eigenvalue weighted by Gasteiger charge is -2.10. The maximum absolute atomic E-state index is 12.1. The minimum atomic E-state index is -0.338. The van der Waals surface area contributed by atoms with Crippen LogP contribution < -0.4 is 5.32 Å². The van der Waals surface area contributed by atoms with Crippen LogP contribution >= 0.6 is 0 Å². The summed E-state index contributed by atoms with van der Waals surface area (Å²) in [5.74, 6) is -0.365. The first-order valence-corrected chi connectivity index (χ1v) is 6.02. The number of anilines is 1. The average molecular weight is 256 g/mol. The number of amides is 1. The van der Waals surface area contributed by atoms with Gasteiger partial charge in [0.15, 0.2) is 0 Å². The molecule has 2 aromatic rings. The summed E-state index contributed by atoms with van der Waals surface area (Å²) in [6.45, 7) is 5.60. The normalized spacial score (nSPS) is 10.3. The molecule has 0 saturated heterocycles. The van der Waals surface area contributed by atoms with E-state index in [0.29, 0.717) is 5.69 Å². The molecule has 19 heavy (non-hydrogen) atoms. The molecular formula is C15H16N2O2. The summed E-state index contributed by atoms with van der Waals surface area (Å²) >= 11 is 0. The van der Waals surface area contributed by atoms with Gasteiger partial charge in [-0.3, -0.25) is 9.78 Å². The number of hydrogen-bond donors (Lipinski definition) is 2. The second kappa shape index (κ2) is 5.10. The summed E-state index contributed by atoms with van der Waals surface area (Å²) in [7, 11) is 0. The first kappa shape index (κ1) is 13.1. The lowest BCUT2D eigenvalue weighted by molar-refractivity contribution is 0.102. The molecule has 0 aliphatic rings. The second-order valence-electron chi connectivity index (χ2n) is 4.56. The van der Waals surface area contributed by atoms with Crippen LogP contribution in [0.15, 0.2) is 30.3 Å². The van der Waals surface area contributed by atoms with Crippen molar-refractivity contribution < 1.29 is 9.90 Å². The van der Waals surface area contributed by atoms with E-state index in [0.717, 1.165) is 17.0 Å². The zero-order chi connectivity index (χ0) is 14.0. The molecular weight excluding hydrogens is 240 g/mol. The number of phenolic OH excluding ortho intramolecular Hbond substituents is 1. The van der Waals surface area contributed by atoms with Gasteiger partial charge in [0.2, 0.25) is 0 Å². The topological polar surface area (TPSA) is 62.2 Å². The number of nitrogens with zero attached hydrogens (tertiary/aromatic N) is 1. The number of phenols is 1. The first-order valence-electron chi connectivity index (χ1n) is 6.02. The van der Waals surface area contributed by atoms with E-state index in [1.807, 2.05) is 32.9 Å². The molecule has 0 fully saturated rings. The predicted molar refractivity (Wildman–Crippen MR) is 74.5 cm³/mol. The molecule has 0 unspecified atom stereocenters. The van der Waals surface area contributed by atoms with Crippen LogP contribution in [0.4, 0.5) is 5.69 Å². The van der Waals surface area contributed by atoms with Crippen LogP contribution in [-0.4, -0.2) is 16.0 Å². The number of aromatic nitrogens is 1. The smallest absolute Gasteiger partial charge is 0.259 e. The number of carbonyl (C=O) groups excluding carboxylic acids is 1. The van der Waals surface area contributed by atoms with E-state index in [1.54, 1.807) is 12.1 Å². The Morgan fingerprint density at radius 3 is 2.58 bits per heavy atom. The van der Waals surface area contributed by atoms with Gasteiger partial charge in [-0.25, -0.2) is 0 Å². The van der Waals surface area contributed by atoms with Crippen molar-refractivity contribution in [3.63, 3.8) is 0 Å². The van der Waals surface area contributed by atoms with Crippen LogP contribution in [0.3, 0.4) is 0 Å². The minimum Gasteiger partial charge on any atom is -0.507 e. The summed E-state index contributed by atoms with van der Waals surface area (Å²) in [5, 5.41) is 12.5. The van der Waals surface area contributed by atoms with E-state index in [9.17, 15) is 9.90 Å². The van der Waals surface area contributed by atoms with E-state index in [4.69, 9.17) is 0 Å². The summed E-state index contributed by atoms with van der Waals surface area (Å²) in [5.41, 5.74) is 3.48. The van der Waals surface area contributed by atoms with Crippen LogP contribution in [0, 0.1) is 20.8 Å². The largest absolute Gasteiger partial charge is 0.507 e. The van der Waals surface area contributed by atoms with Crippen molar-refractivity contribution in [2.24, 2.45) is 0 Å². The van der Waals surface area contributed by atoms with Crippen molar-refractivity contribution in [1.29, 1.82) is 0 Å². The number of aryl methyl sites for hydroxylation is 3. The summed E-state index contributed by atoms with van der Waals surface area (Å²) < 4.78 is 0. The van der Waals surface area contributed by atoms with Crippen molar-refractivity contribution in [3.8, 4) is 5.75 Å². The highest BCUT2D eigenvalue weighted by molar-refractivity contribution is 6.06. The van der Waals surface area contributed by atoms with Gasteiger partial charge in [0.25, 0.3) is 5.91 Å². The second-order valence-corrected chi connectivity index (χ2v) is 4.56. The van der Waals surface area contributed by atoms with Gasteiger partial charge in [-0.2, -0.15) is 0 Å². The van der Waals surface area contributed by atoms with Crippen LogP contribution in [0.2, 0.25) is 0 Å². The molecule has 98 valence electrons. The summed E-state index contributed by atoms with van der Waals surface area (Å²) in [4.78, 5) is 16.4. The van der Waals surface area contributed by atoms with E-state index >= 15 is 0 Å². The Bertz CT molecular complexity index is 636. The number of pyridine rings is 1. The summed E-state index contributed by atoms with van der Waals surface area (Å²) in [6.07, 6.45) is 0. The van der Waals surface area contributed by atoms with Crippen LogP contribution in [0.25, 0.3) is 0 Å². The van der Waals surface area contributed by atoms with Crippen molar-refractivity contribution >= 4 is 11.6 Å². The van der Waals surface area contributed by atoms with Crippen LogP contribution in [0.5, 0.6) is 5.75 Å². The molecule has 0 spiro atoms. The van der Waals surface area contributed by atoms with Crippen molar-refractivity contribution in [2.45, 2.75) is 20.8 Å². The maximum Gasteiger partial charge on any atom is 0.259 e. The maximum atomic E-state index is 12.1. The fourth-order valence-corrected chi connectivity index (χ4v) is 1.84. The van der Waals surface area contributed by atoms with Gasteiger partial charge in [-0.1, -0.05) is 11.6 Å². The third-order valence-electron chi connectivity index (χ3n) is 2.87. The Morgan fingerprint density at radius 1 is 1.16 bits per heavy atom. The highest BCUT2D eigenvalue weighted by atomic mass is 16.3. The lowest BCUT2D eigenvalue weighted by atomic mass is 10.1. The zero-order valence-corrected chi connectivity index (χ0v) is 11.2. The van der Waals surface area contributed by atoms with E-state index < -0.39 is 0 Å². The molecule has 4 heteroatoms. The van der Waals surface area contributed by atoms with Crippen molar-refractivity contribution in [3.05, 3.63) is 52.8 Å². The fraction of sp³-hybridized carbons (Fsp3) is 0.200. The quantitative estimate of drug-likeness (QED) is 0.868. The Kier molecular flexibility index (Phi) is 3.51. The molecule has 2 N–H and O–H groups in total.